The van der Waals surface area contributed by atoms with Crippen LogP contribution in [0.4, 0.5) is 0 Å². The largest absolute Gasteiger partial charge is 0.481 e. The molecular weight excluding hydrogens is 408 g/mol. The van der Waals surface area contributed by atoms with Crippen LogP contribution in [0.1, 0.15) is 106 Å². The van der Waals surface area contributed by atoms with Crippen LogP contribution >= 0.6 is 0 Å². The van der Waals surface area contributed by atoms with Crippen molar-refractivity contribution in [1.29, 1.82) is 0 Å². The molecule has 186 valence electrons. The summed E-state index contributed by atoms with van der Waals surface area (Å²) in [5.74, 6) is 1.96. The Hall–Kier alpha value is -0.830. The number of carboxylic acid groups (broad SMARTS) is 1. The van der Waals surface area contributed by atoms with Crippen LogP contribution < -0.4 is 0 Å². The molecule has 4 saturated carbocycles. The number of rotatable bonds is 1. The van der Waals surface area contributed by atoms with Crippen LogP contribution in [0.25, 0.3) is 0 Å². The highest BCUT2D eigenvalue weighted by Gasteiger charge is 2.69. The van der Waals surface area contributed by atoms with E-state index in [0.29, 0.717) is 23.7 Å². The molecule has 4 fully saturated rings. The summed E-state index contributed by atoms with van der Waals surface area (Å²) < 4.78 is 0. The Labute approximate surface area is 201 Å². The first kappa shape index (κ1) is 23.9. The molecule has 0 aromatic carbocycles. The van der Waals surface area contributed by atoms with Gasteiger partial charge in [0.15, 0.2) is 0 Å². The number of hydrogen-bond donors (Lipinski definition) is 2. The predicted molar refractivity (Wildman–Crippen MR) is 133 cm³/mol. The van der Waals surface area contributed by atoms with Gasteiger partial charge in [0.05, 0.1) is 11.5 Å². The van der Waals surface area contributed by atoms with Crippen LogP contribution in [-0.4, -0.2) is 22.3 Å². The molecule has 3 heteroatoms. The van der Waals surface area contributed by atoms with Crippen molar-refractivity contribution >= 4 is 5.97 Å². The molecule has 11 atom stereocenters. The molecule has 0 amide bonds. The van der Waals surface area contributed by atoms with E-state index < -0.39 is 17.5 Å². The molecule has 0 unspecified atom stereocenters. The number of carboxylic acids is 1. The van der Waals surface area contributed by atoms with Gasteiger partial charge < -0.3 is 10.2 Å². The third kappa shape index (κ3) is 2.75. The quantitative estimate of drug-likeness (QED) is 0.414. The fourth-order valence-corrected chi connectivity index (χ4v) is 10.8. The zero-order valence-electron chi connectivity index (χ0n) is 22.2. The number of carbonyl (C=O) groups is 1. The van der Waals surface area contributed by atoms with Crippen molar-refractivity contribution in [2.75, 3.05) is 0 Å². The molecule has 0 saturated heterocycles. The highest BCUT2D eigenvalue weighted by atomic mass is 16.4. The van der Waals surface area contributed by atoms with Crippen molar-refractivity contribution in [2.45, 2.75) is 112 Å². The lowest BCUT2D eigenvalue weighted by Crippen LogP contribution is -2.66. The van der Waals surface area contributed by atoms with Crippen molar-refractivity contribution in [2.24, 2.45) is 56.7 Å². The van der Waals surface area contributed by atoms with Gasteiger partial charge in [-0.2, -0.15) is 0 Å². The average Bonchev–Trinajstić information content (AvgIpc) is 2.75. The number of aliphatic hydroxyl groups is 1. The molecule has 0 aromatic heterocycles. The summed E-state index contributed by atoms with van der Waals surface area (Å²) in [7, 11) is 0. The summed E-state index contributed by atoms with van der Waals surface area (Å²) in [5.41, 5.74) is 1.56. The summed E-state index contributed by atoms with van der Waals surface area (Å²) in [6, 6.07) is 0. The third-order valence-electron chi connectivity index (χ3n) is 13.5. The maximum Gasteiger partial charge on any atom is 0.312 e. The van der Waals surface area contributed by atoms with Gasteiger partial charge in [0.25, 0.3) is 0 Å². The Morgan fingerprint density at radius 3 is 2.27 bits per heavy atom. The Kier molecular flexibility index (Phi) is 5.15. The second-order valence-corrected chi connectivity index (χ2v) is 14.4. The summed E-state index contributed by atoms with van der Waals surface area (Å²) in [5, 5.41) is 21.1. The standard InChI is InChI=1S/C30H48O3/c1-18-10-13-26(3)16-17-28(5)20(24(26)19(18)2)8-9-21-27(4)14-12-23(31)30(7,25(32)33)22(27)11-15-29(21,28)6/h8,18-19,21-24,31H,9-17H2,1-7H3,(H,32,33)/t18-,19+,21-,22+,23-,24-,26-,27-,28-,29-,30-/m1/s1. The third-order valence-corrected chi connectivity index (χ3v) is 13.5. The molecule has 0 spiro atoms. The van der Waals surface area contributed by atoms with E-state index in [9.17, 15) is 15.0 Å². The van der Waals surface area contributed by atoms with Crippen molar-refractivity contribution in [3.05, 3.63) is 11.6 Å². The van der Waals surface area contributed by atoms with Crippen LogP contribution in [0.3, 0.4) is 0 Å². The van der Waals surface area contributed by atoms with E-state index in [1.54, 1.807) is 5.57 Å². The van der Waals surface area contributed by atoms with Gasteiger partial charge in [-0.15, -0.1) is 0 Å². The fraction of sp³-hybridized carbons (Fsp3) is 0.900. The molecule has 33 heavy (non-hydrogen) atoms. The van der Waals surface area contributed by atoms with E-state index in [1.165, 1.54) is 25.7 Å². The zero-order chi connectivity index (χ0) is 24.2. The number of hydrogen-bond acceptors (Lipinski definition) is 2. The summed E-state index contributed by atoms with van der Waals surface area (Å²) >= 11 is 0. The second-order valence-electron chi connectivity index (χ2n) is 14.4. The summed E-state index contributed by atoms with van der Waals surface area (Å²) in [6.07, 6.45) is 12.0. The van der Waals surface area contributed by atoms with Crippen LogP contribution in [0.5, 0.6) is 0 Å². The Morgan fingerprint density at radius 1 is 0.909 bits per heavy atom. The molecule has 3 nitrogen and oxygen atoms in total. The molecule has 0 bridgehead atoms. The first-order valence-electron chi connectivity index (χ1n) is 13.9. The van der Waals surface area contributed by atoms with E-state index >= 15 is 0 Å². The molecule has 5 aliphatic carbocycles. The van der Waals surface area contributed by atoms with Crippen LogP contribution in [0.2, 0.25) is 0 Å². The molecule has 5 aliphatic rings. The van der Waals surface area contributed by atoms with E-state index in [0.717, 1.165) is 37.5 Å². The summed E-state index contributed by atoms with van der Waals surface area (Å²) in [4.78, 5) is 12.5. The van der Waals surface area contributed by atoms with Crippen molar-refractivity contribution in [1.82, 2.24) is 0 Å². The van der Waals surface area contributed by atoms with E-state index in [2.05, 4.69) is 47.6 Å². The second kappa shape index (κ2) is 7.11. The molecule has 0 aromatic rings. The minimum absolute atomic E-state index is 0.0311. The first-order chi connectivity index (χ1) is 15.3. The van der Waals surface area contributed by atoms with Crippen molar-refractivity contribution in [3.63, 3.8) is 0 Å². The van der Waals surface area contributed by atoms with Gasteiger partial charge in [0.2, 0.25) is 0 Å². The van der Waals surface area contributed by atoms with Gasteiger partial charge in [-0.25, -0.2) is 0 Å². The number of aliphatic hydroxyl groups excluding tert-OH is 1. The van der Waals surface area contributed by atoms with E-state index in [4.69, 9.17) is 0 Å². The monoisotopic (exact) mass is 456 g/mol. The molecule has 0 heterocycles. The zero-order valence-corrected chi connectivity index (χ0v) is 22.2. The lowest BCUT2D eigenvalue weighted by Gasteiger charge is -2.71. The van der Waals surface area contributed by atoms with E-state index in [-0.39, 0.29) is 22.2 Å². The summed E-state index contributed by atoms with van der Waals surface area (Å²) in [6.45, 7) is 17.0. The Morgan fingerprint density at radius 2 is 1.61 bits per heavy atom. The number of aliphatic carboxylic acids is 1. The molecule has 0 aliphatic heterocycles. The van der Waals surface area contributed by atoms with Crippen LogP contribution in [-0.2, 0) is 4.79 Å². The maximum absolute atomic E-state index is 12.5. The predicted octanol–water partition coefficient (Wildman–Crippen LogP) is 7.09. The van der Waals surface area contributed by atoms with Crippen LogP contribution in [0, 0.1) is 56.7 Å². The van der Waals surface area contributed by atoms with Gasteiger partial charge >= 0.3 is 5.97 Å². The van der Waals surface area contributed by atoms with Gasteiger partial charge in [-0.1, -0.05) is 53.2 Å². The normalized spacial score (nSPS) is 58.2. The topological polar surface area (TPSA) is 57.5 Å². The lowest BCUT2D eigenvalue weighted by molar-refractivity contribution is -0.217. The van der Waals surface area contributed by atoms with Gasteiger partial charge in [0, 0.05) is 0 Å². The van der Waals surface area contributed by atoms with Gasteiger partial charge in [-0.05, 0) is 116 Å². The minimum atomic E-state index is -1.03. The average molecular weight is 457 g/mol. The highest BCUT2D eigenvalue weighted by molar-refractivity contribution is 5.76. The maximum atomic E-state index is 12.5. The SMILES string of the molecule is C[C@H]1[C@H](C)CC[C@]2(C)CC[C@]3(C)C(=CC[C@@H]4[C@@]5(C)CC[C@@H](O)[C@](C)(C(=O)O)[C@H]5CC[C@]43C)[C@@H]12. The lowest BCUT2D eigenvalue weighted by atomic mass is 9.33. The fourth-order valence-electron chi connectivity index (χ4n) is 10.8. The minimum Gasteiger partial charge on any atom is -0.481 e. The highest BCUT2D eigenvalue weighted by Crippen LogP contribution is 2.75. The molecule has 5 rings (SSSR count). The van der Waals surface area contributed by atoms with Gasteiger partial charge in [0.1, 0.15) is 0 Å². The molecular formula is C30H48O3. The van der Waals surface area contributed by atoms with Crippen molar-refractivity contribution in [3.8, 4) is 0 Å². The Bertz CT molecular complexity index is 878. The van der Waals surface area contributed by atoms with E-state index in [1.807, 2.05) is 6.92 Å². The molecule has 0 radical (unpaired) electrons. The van der Waals surface area contributed by atoms with Crippen LogP contribution in [0.15, 0.2) is 11.6 Å². The molecule has 2 N–H and O–H groups in total. The smallest absolute Gasteiger partial charge is 0.312 e. The number of fused-ring (bicyclic) bond motifs is 7. The first-order valence-corrected chi connectivity index (χ1v) is 13.9. The van der Waals surface area contributed by atoms with Crippen molar-refractivity contribution < 1.29 is 15.0 Å². The Balaban J connectivity index is 1.60. The van der Waals surface area contributed by atoms with Gasteiger partial charge in [-0.3, -0.25) is 4.79 Å². The number of allylic oxidation sites excluding steroid dienone is 2.